The van der Waals surface area contributed by atoms with Crippen LogP contribution in [0.5, 0.6) is 6.01 Å². The lowest BCUT2D eigenvalue weighted by molar-refractivity contribution is -0.138. The fraction of sp³-hybridized carbons (Fsp3) is 0.231. The van der Waals surface area contributed by atoms with Crippen LogP contribution in [0.4, 0.5) is 31.3 Å². The molecule has 12 heteroatoms. The van der Waals surface area contributed by atoms with Gasteiger partial charge in [-0.3, -0.25) is 0 Å². The third-order valence-corrected chi connectivity index (χ3v) is 3.67. The summed E-state index contributed by atoms with van der Waals surface area (Å²) in [5, 5.41) is 2.77. The van der Waals surface area contributed by atoms with E-state index < -0.39 is 22.8 Å². The summed E-state index contributed by atoms with van der Waals surface area (Å²) in [6, 6.07) is 1.83. The number of alkyl halides is 6. The van der Waals surface area contributed by atoms with E-state index in [2.05, 4.69) is 15.3 Å². The van der Waals surface area contributed by atoms with E-state index in [4.69, 9.17) is 10.5 Å². The van der Waals surface area contributed by atoms with Crippen molar-refractivity contribution in [2.75, 3.05) is 11.9 Å². The van der Waals surface area contributed by atoms with Gasteiger partial charge in [-0.25, -0.2) is 9.97 Å². The van der Waals surface area contributed by atoms with Crippen molar-refractivity contribution in [1.29, 1.82) is 0 Å². The highest BCUT2D eigenvalue weighted by Crippen LogP contribution is 2.36. The molecule has 0 radical (unpaired) electrons. The van der Waals surface area contributed by atoms with E-state index in [9.17, 15) is 26.3 Å². The van der Waals surface area contributed by atoms with Crippen molar-refractivity contribution in [1.82, 2.24) is 9.97 Å². The van der Waals surface area contributed by atoms with Crippen molar-refractivity contribution in [3.8, 4) is 6.01 Å². The number of aromatic nitrogens is 2. The summed E-state index contributed by atoms with van der Waals surface area (Å²) in [5.74, 6) is 0. The highest BCUT2D eigenvalue weighted by Gasteiger charge is 2.32. The second kappa shape index (κ2) is 7.17. The SMILES string of the molecule is N/C(=C\Nc1ccc(C(F)(F)F)s1)COc1ncc(C(F)(F)F)cn1. The van der Waals surface area contributed by atoms with Crippen LogP contribution in [0.2, 0.25) is 0 Å². The number of ether oxygens (including phenoxy) is 1. The van der Waals surface area contributed by atoms with Crippen LogP contribution < -0.4 is 15.8 Å². The molecule has 136 valence electrons. The number of nitrogens with one attached hydrogen (secondary N) is 1. The molecular weight excluding hydrogens is 374 g/mol. The second-order valence-electron chi connectivity index (χ2n) is 4.57. The number of hydrogen-bond donors (Lipinski definition) is 2. The zero-order valence-electron chi connectivity index (χ0n) is 12.1. The Bertz CT molecular complexity index is 738. The number of anilines is 1. The number of hydrogen-bond acceptors (Lipinski definition) is 6. The van der Waals surface area contributed by atoms with E-state index in [-0.39, 0.29) is 23.3 Å². The Balaban J connectivity index is 1.88. The summed E-state index contributed by atoms with van der Waals surface area (Å²) < 4.78 is 79.4. The van der Waals surface area contributed by atoms with E-state index >= 15 is 0 Å². The maximum atomic E-state index is 12.4. The van der Waals surface area contributed by atoms with Crippen molar-refractivity contribution in [2.45, 2.75) is 12.4 Å². The fourth-order valence-electron chi connectivity index (χ4n) is 1.46. The fourth-order valence-corrected chi connectivity index (χ4v) is 2.20. The van der Waals surface area contributed by atoms with Crippen molar-refractivity contribution < 1.29 is 31.1 Å². The first-order valence-electron chi connectivity index (χ1n) is 6.46. The molecule has 0 saturated heterocycles. The molecule has 0 aliphatic heterocycles. The van der Waals surface area contributed by atoms with Gasteiger partial charge < -0.3 is 15.8 Å². The highest BCUT2D eigenvalue weighted by molar-refractivity contribution is 7.16. The first-order chi connectivity index (χ1) is 11.6. The molecule has 25 heavy (non-hydrogen) atoms. The molecule has 3 N–H and O–H groups in total. The standard InChI is InChI=1S/C13H10F6N4OS/c14-12(15,16)7-3-22-11(23-4-7)24-6-8(20)5-21-10-2-1-9(25-10)13(17,18)19/h1-5,21H,6,20H2/b8-5-. The minimum atomic E-state index is -4.56. The monoisotopic (exact) mass is 384 g/mol. The summed E-state index contributed by atoms with van der Waals surface area (Å²) in [4.78, 5) is 6.01. The van der Waals surface area contributed by atoms with Gasteiger partial charge in [-0.15, -0.1) is 11.3 Å². The smallest absolute Gasteiger partial charge is 0.425 e. The van der Waals surface area contributed by atoms with Crippen LogP contribution in [0, 0.1) is 0 Å². The molecule has 0 spiro atoms. The normalized spacial score (nSPS) is 13.0. The third-order valence-electron chi connectivity index (χ3n) is 2.61. The maximum Gasteiger partial charge on any atom is 0.425 e. The number of nitrogens with two attached hydrogens (primary N) is 1. The molecule has 0 aliphatic carbocycles. The van der Waals surface area contributed by atoms with E-state index in [1.54, 1.807) is 0 Å². The minimum Gasteiger partial charge on any atom is -0.457 e. The number of thiophene rings is 1. The van der Waals surface area contributed by atoms with Gasteiger partial charge in [0.2, 0.25) is 0 Å². The van der Waals surface area contributed by atoms with Gasteiger partial charge in [0, 0.05) is 18.6 Å². The van der Waals surface area contributed by atoms with Gasteiger partial charge in [0.15, 0.2) is 0 Å². The molecule has 0 saturated carbocycles. The number of rotatable bonds is 5. The molecule has 2 aromatic rings. The first-order valence-corrected chi connectivity index (χ1v) is 7.27. The van der Waals surface area contributed by atoms with Crippen molar-refractivity contribution >= 4 is 16.3 Å². The van der Waals surface area contributed by atoms with Crippen LogP contribution >= 0.6 is 11.3 Å². The van der Waals surface area contributed by atoms with Crippen molar-refractivity contribution in [3.63, 3.8) is 0 Å². The molecule has 0 aromatic carbocycles. The Morgan fingerprint density at radius 3 is 2.28 bits per heavy atom. The zero-order chi connectivity index (χ0) is 18.7. The number of nitrogens with zero attached hydrogens (tertiary/aromatic N) is 2. The molecular formula is C13H10F6N4OS. The molecule has 0 unspecified atom stereocenters. The molecule has 5 nitrogen and oxygen atoms in total. The summed E-state index contributed by atoms with van der Waals surface area (Å²) >= 11 is 0.492. The Hall–Kier alpha value is -2.50. The van der Waals surface area contributed by atoms with Gasteiger partial charge in [-0.2, -0.15) is 26.3 Å². The summed E-state index contributed by atoms with van der Waals surface area (Å²) in [6.07, 6.45) is -6.66. The molecule has 0 aliphatic rings. The molecule has 0 atom stereocenters. The van der Waals surface area contributed by atoms with Gasteiger partial charge in [-0.05, 0) is 12.1 Å². The molecule has 0 bridgehead atoms. The predicted molar refractivity (Wildman–Crippen MR) is 77.7 cm³/mol. The molecule has 2 rings (SSSR count). The lowest BCUT2D eigenvalue weighted by Crippen LogP contribution is -2.13. The van der Waals surface area contributed by atoms with E-state index in [0.29, 0.717) is 23.7 Å². The summed E-state index contributed by atoms with van der Waals surface area (Å²) in [7, 11) is 0. The average molecular weight is 384 g/mol. The third kappa shape index (κ3) is 5.52. The van der Waals surface area contributed by atoms with Gasteiger partial charge in [0.05, 0.1) is 16.3 Å². The summed E-state index contributed by atoms with van der Waals surface area (Å²) in [5.41, 5.74) is 4.63. The van der Waals surface area contributed by atoms with E-state index in [1.165, 1.54) is 12.3 Å². The maximum absolute atomic E-state index is 12.4. The van der Waals surface area contributed by atoms with E-state index in [0.717, 1.165) is 6.07 Å². The molecule has 2 heterocycles. The topological polar surface area (TPSA) is 73.1 Å². The Kier molecular flexibility index (Phi) is 5.40. The Morgan fingerprint density at radius 1 is 1.12 bits per heavy atom. The second-order valence-corrected chi connectivity index (χ2v) is 5.65. The lowest BCUT2D eigenvalue weighted by atomic mass is 10.3. The van der Waals surface area contributed by atoms with Crippen molar-refractivity contribution in [3.05, 3.63) is 46.9 Å². The van der Waals surface area contributed by atoms with Crippen LogP contribution in [0.1, 0.15) is 10.4 Å². The van der Waals surface area contributed by atoms with Gasteiger partial charge in [-0.1, -0.05) is 0 Å². The predicted octanol–water partition coefficient (Wildman–Crippen LogP) is 3.87. The van der Waals surface area contributed by atoms with E-state index in [1.807, 2.05) is 0 Å². The Labute approximate surface area is 141 Å². The lowest BCUT2D eigenvalue weighted by Gasteiger charge is -2.07. The summed E-state index contributed by atoms with van der Waals surface area (Å²) in [6.45, 7) is -0.268. The van der Waals surface area contributed by atoms with Crippen LogP contribution in [0.3, 0.4) is 0 Å². The Morgan fingerprint density at radius 2 is 1.76 bits per heavy atom. The van der Waals surface area contributed by atoms with Crippen LogP contribution in [0.25, 0.3) is 0 Å². The molecule has 0 amide bonds. The largest absolute Gasteiger partial charge is 0.457 e. The first kappa shape index (κ1) is 18.8. The highest BCUT2D eigenvalue weighted by atomic mass is 32.1. The molecule has 2 aromatic heterocycles. The molecule has 0 fully saturated rings. The van der Waals surface area contributed by atoms with Crippen molar-refractivity contribution in [2.24, 2.45) is 5.73 Å². The van der Waals surface area contributed by atoms with Crippen LogP contribution in [0.15, 0.2) is 36.4 Å². The number of halogens is 6. The minimum absolute atomic E-state index is 0.0745. The van der Waals surface area contributed by atoms with Gasteiger partial charge in [0.25, 0.3) is 0 Å². The van der Waals surface area contributed by atoms with Gasteiger partial charge >= 0.3 is 18.4 Å². The van der Waals surface area contributed by atoms with Crippen LogP contribution in [-0.4, -0.2) is 16.6 Å². The van der Waals surface area contributed by atoms with Gasteiger partial charge in [0.1, 0.15) is 11.5 Å². The van der Waals surface area contributed by atoms with Crippen LogP contribution in [-0.2, 0) is 12.4 Å². The average Bonchev–Trinajstić information content (AvgIpc) is 2.99. The quantitative estimate of drug-likeness (QED) is 0.766. The zero-order valence-corrected chi connectivity index (χ0v) is 13.0.